The number of hydrogen-bond acceptors (Lipinski definition) is 3. The molecule has 2 N–H and O–H groups in total. The van der Waals surface area contributed by atoms with Gasteiger partial charge in [0.1, 0.15) is 10.2 Å². The average Bonchev–Trinajstić information content (AvgIpc) is 2.71. The molecule has 0 saturated heterocycles. The Kier molecular flexibility index (Phi) is 2.67. The summed E-state index contributed by atoms with van der Waals surface area (Å²) >= 11 is 13.2. The highest BCUT2D eigenvalue weighted by atomic mass is 35.5. The number of H-pyrrole nitrogens is 1. The molecule has 14 heavy (non-hydrogen) atoms. The molecule has 0 aromatic carbocycles. The molecule has 2 rings (SSSR count). The molecule has 3 nitrogen and oxygen atoms in total. The molecule has 0 spiro atoms. The first kappa shape index (κ1) is 9.83. The third-order valence-electron chi connectivity index (χ3n) is 1.78. The van der Waals surface area contributed by atoms with E-state index in [1.54, 1.807) is 0 Å². The van der Waals surface area contributed by atoms with Gasteiger partial charge in [-0.2, -0.15) is 5.10 Å². The molecule has 2 heterocycles. The van der Waals surface area contributed by atoms with Crippen molar-refractivity contribution in [3.8, 4) is 11.3 Å². The van der Waals surface area contributed by atoms with Crippen LogP contribution in [0.3, 0.4) is 0 Å². The Bertz CT molecular complexity index is 449. The van der Waals surface area contributed by atoms with E-state index in [2.05, 4.69) is 15.5 Å². The Hall–Kier alpha value is -0.710. The van der Waals surface area contributed by atoms with Gasteiger partial charge in [0.2, 0.25) is 0 Å². The van der Waals surface area contributed by atoms with E-state index in [1.807, 2.05) is 19.2 Å². The highest BCUT2D eigenvalue weighted by Gasteiger charge is 2.10. The third-order valence-corrected chi connectivity index (χ3v) is 3.27. The van der Waals surface area contributed by atoms with Crippen molar-refractivity contribution >= 4 is 40.4 Å². The van der Waals surface area contributed by atoms with Crippen molar-refractivity contribution in [2.24, 2.45) is 0 Å². The molecule has 0 atom stereocenters. The molecule has 2 aromatic rings. The second-order valence-electron chi connectivity index (χ2n) is 2.65. The Morgan fingerprint density at radius 1 is 1.43 bits per heavy atom. The standard InChI is InChI=1S/C8H7Cl2N3S/c1-11-7-3-5(12-13-7)4-2-6(9)14-8(4)10/h2-3H,1H3,(H2,11,12,13). The fraction of sp³-hybridized carbons (Fsp3) is 0.125. The van der Waals surface area contributed by atoms with E-state index >= 15 is 0 Å². The molecule has 0 fully saturated rings. The third kappa shape index (κ3) is 1.73. The van der Waals surface area contributed by atoms with Gasteiger partial charge >= 0.3 is 0 Å². The molecule has 0 unspecified atom stereocenters. The number of anilines is 1. The Labute approximate surface area is 95.0 Å². The van der Waals surface area contributed by atoms with Gasteiger partial charge in [0.25, 0.3) is 0 Å². The van der Waals surface area contributed by atoms with Crippen LogP contribution >= 0.6 is 34.5 Å². The van der Waals surface area contributed by atoms with Crippen LogP contribution in [0, 0.1) is 0 Å². The van der Waals surface area contributed by atoms with Gasteiger partial charge < -0.3 is 5.32 Å². The van der Waals surface area contributed by atoms with Gasteiger partial charge in [-0.05, 0) is 6.07 Å². The monoisotopic (exact) mass is 247 g/mol. The normalized spacial score (nSPS) is 10.5. The first-order valence-electron chi connectivity index (χ1n) is 3.89. The Morgan fingerprint density at radius 2 is 2.21 bits per heavy atom. The zero-order valence-electron chi connectivity index (χ0n) is 7.27. The zero-order valence-corrected chi connectivity index (χ0v) is 9.59. The number of aromatic amines is 1. The van der Waals surface area contributed by atoms with Crippen LogP contribution in [0.4, 0.5) is 5.82 Å². The summed E-state index contributed by atoms with van der Waals surface area (Å²) in [6.07, 6.45) is 0. The van der Waals surface area contributed by atoms with Crippen LogP contribution in [0.15, 0.2) is 12.1 Å². The second kappa shape index (κ2) is 3.81. The number of hydrogen-bond donors (Lipinski definition) is 2. The molecule has 0 aliphatic rings. The molecule has 0 radical (unpaired) electrons. The second-order valence-corrected chi connectivity index (χ2v) is 4.94. The van der Waals surface area contributed by atoms with Crippen molar-refractivity contribution in [2.75, 3.05) is 12.4 Å². The summed E-state index contributed by atoms with van der Waals surface area (Å²) in [6.45, 7) is 0. The number of thiophene rings is 1. The van der Waals surface area contributed by atoms with E-state index in [0.29, 0.717) is 8.67 Å². The van der Waals surface area contributed by atoms with Gasteiger partial charge in [-0.3, -0.25) is 5.10 Å². The minimum absolute atomic E-state index is 0.668. The molecular weight excluding hydrogens is 241 g/mol. The lowest BCUT2D eigenvalue weighted by atomic mass is 10.2. The number of rotatable bonds is 2. The maximum absolute atomic E-state index is 6.00. The highest BCUT2D eigenvalue weighted by Crippen LogP contribution is 2.37. The predicted octanol–water partition coefficient (Wildman–Crippen LogP) is 3.49. The number of nitrogens with zero attached hydrogens (tertiary/aromatic N) is 1. The largest absolute Gasteiger partial charge is 0.372 e. The van der Waals surface area contributed by atoms with Crippen LogP contribution in [0.1, 0.15) is 0 Å². The summed E-state index contributed by atoms with van der Waals surface area (Å²) in [5, 5.41) is 9.83. The lowest BCUT2D eigenvalue weighted by Crippen LogP contribution is -1.85. The van der Waals surface area contributed by atoms with Gasteiger partial charge in [0, 0.05) is 18.7 Å². The van der Waals surface area contributed by atoms with Crippen molar-refractivity contribution in [3.05, 3.63) is 20.8 Å². The quantitative estimate of drug-likeness (QED) is 0.854. The highest BCUT2D eigenvalue weighted by molar-refractivity contribution is 7.20. The Morgan fingerprint density at radius 3 is 2.71 bits per heavy atom. The fourth-order valence-electron chi connectivity index (χ4n) is 1.11. The van der Waals surface area contributed by atoms with E-state index in [4.69, 9.17) is 23.2 Å². The van der Waals surface area contributed by atoms with Crippen LogP contribution in [-0.4, -0.2) is 17.2 Å². The van der Waals surface area contributed by atoms with Gasteiger partial charge in [0.15, 0.2) is 0 Å². The van der Waals surface area contributed by atoms with E-state index in [1.165, 1.54) is 11.3 Å². The van der Waals surface area contributed by atoms with Gasteiger partial charge in [-0.15, -0.1) is 11.3 Å². The van der Waals surface area contributed by atoms with Crippen molar-refractivity contribution in [1.29, 1.82) is 0 Å². The average molecular weight is 248 g/mol. The minimum Gasteiger partial charge on any atom is -0.372 e. The maximum Gasteiger partial charge on any atom is 0.148 e. The van der Waals surface area contributed by atoms with Crippen molar-refractivity contribution in [2.45, 2.75) is 0 Å². The number of halogens is 2. The lowest BCUT2D eigenvalue weighted by molar-refractivity contribution is 1.09. The molecule has 0 bridgehead atoms. The van der Waals surface area contributed by atoms with E-state index in [-0.39, 0.29) is 0 Å². The van der Waals surface area contributed by atoms with Gasteiger partial charge in [-0.25, -0.2) is 0 Å². The van der Waals surface area contributed by atoms with Gasteiger partial charge in [0.05, 0.1) is 10.0 Å². The van der Waals surface area contributed by atoms with Crippen LogP contribution in [-0.2, 0) is 0 Å². The van der Waals surface area contributed by atoms with Crippen molar-refractivity contribution < 1.29 is 0 Å². The van der Waals surface area contributed by atoms with E-state index < -0.39 is 0 Å². The summed E-state index contributed by atoms with van der Waals surface area (Å²) in [5.41, 5.74) is 1.75. The Balaban J connectivity index is 2.43. The first-order valence-corrected chi connectivity index (χ1v) is 5.46. The van der Waals surface area contributed by atoms with Gasteiger partial charge in [-0.1, -0.05) is 23.2 Å². The molecule has 0 amide bonds. The molecule has 74 valence electrons. The van der Waals surface area contributed by atoms with E-state index in [0.717, 1.165) is 17.1 Å². The molecule has 6 heteroatoms. The fourth-order valence-corrected chi connectivity index (χ4v) is 2.60. The number of aromatic nitrogens is 2. The number of nitrogens with one attached hydrogen (secondary N) is 2. The SMILES string of the molecule is CNc1cc(-c2cc(Cl)sc2Cl)[nH]n1. The zero-order chi connectivity index (χ0) is 10.1. The van der Waals surface area contributed by atoms with Crippen LogP contribution < -0.4 is 5.32 Å². The smallest absolute Gasteiger partial charge is 0.148 e. The van der Waals surface area contributed by atoms with E-state index in [9.17, 15) is 0 Å². The molecule has 0 aliphatic heterocycles. The van der Waals surface area contributed by atoms with Crippen molar-refractivity contribution in [3.63, 3.8) is 0 Å². The van der Waals surface area contributed by atoms with Crippen LogP contribution in [0.25, 0.3) is 11.3 Å². The summed E-state index contributed by atoms with van der Waals surface area (Å²) in [5.74, 6) is 0.776. The van der Waals surface area contributed by atoms with Crippen LogP contribution in [0.5, 0.6) is 0 Å². The van der Waals surface area contributed by atoms with Crippen molar-refractivity contribution in [1.82, 2.24) is 10.2 Å². The predicted molar refractivity (Wildman–Crippen MR) is 61.5 cm³/mol. The topological polar surface area (TPSA) is 40.7 Å². The minimum atomic E-state index is 0.668. The first-order chi connectivity index (χ1) is 6.70. The summed E-state index contributed by atoms with van der Waals surface area (Å²) < 4.78 is 1.34. The summed E-state index contributed by atoms with van der Waals surface area (Å²) in [6, 6.07) is 3.70. The summed E-state index contributed by atoms with van der Waals surface area (Å²) in [4.78, 5) is 0. The molecular formula is C8H7Cl2N3S. The molecule has 0 aliphatic carbocycles. The molecule has 2 aromatic heterocycles. The van der Waals surface area contributed by atoms with Crippen LogP contribution in [0.2, 0.25) is 8.67 Å². The lowest BCUT2D eigenvalue weighted by Gasteiger charge is -1.90. The molecule has 0 saturated carbocycles. The maximum atomic E-state index is 6.00. The summed E-state index contributed by atoms with van der Waals surface area (Å²) in [7, 11) is 1.81.